The van der Waals surface area contributed by atoms with Gasteiger partial charge < -0.3 is 14.4 Å². The van der Waals surface area contributed by atoms with Gasteiger partial charge in [-0.05, 0) is 17.7 Å². The minimum atomic E-state index is -4.84. The van der Waals surface area contributed by atoms with Crippen LogP contribution in [0.5, 0.6) is 11.5 Å². The highest BCUT2D eigenvalue weighted by molar-refractivity contribution is 6.05. The van der Waals surface area contributed by atoms with E-state index in [2.05, 4.69) is 0 Å². The minimum Gasteiger partial charge on any atom is -0.493 e. The van der Waals surface area contributed by atoms with Gasteiger partial charge in [0.15, 0.2) is 11.5 Å². The van der Waals surface area contributed by atoms with Gasteiger partial charge in [0.2, 0.25) is 0 Å². The molecule has 0 bridgehead atoms. The third kappa shape index (κ3) is 5.18. The SMILES string of the molecule is COc1cc(C(F)(F)F)c(C(=O)N(C)C(=O)N(C)C)cc1OCc1ccccc1. The molecule has 2 aromatic carbocycles. The Morgan fingerprint density at radius 3 is 2.14 bits per heavy atom. The Labute approximate surface area is 166 Å². The molecular formula is C20H21F3N2O4. The molecule has 0 heterocycles. The number of hydrogen-bond acceptors (Lipinski definition) is 4. The number of benzene rings is 2. The minimum absolute atomic E-state index is 0.0431. The van der Waals surface area contributed by atoms with E-state index in [1.54, 1.807) is 24.3 Å². The van der Waals surface area contributed by atoms with E-state index < -0.39 is 29.2 Å². The first-order valence-corrected chi connectivity index (χ1v) is 8.51. The smallest absolute Gasteiger partial charge is 0.417 e. The molecule has 2 rings (SSSR count). The fraction of sp³-hybridized carbons (Fsp3) is 0.300. The van der Waals surface area contributed by atoms with Crippen LogP contribution in [0.25, 0.3) is 0 Å². The van der Waals surface area contributed by atoms with Crippen molar-refractivity contribution in [1.29, 1.82) is 0 Å². The van der Waals surface area contributed by atoms with Gasteiger partial charge in [0.25, 0.3) is 5.91 Å². The number of alkyl halides is 3. The summed E-state index contributed by atoms with van der Waals surface area (Å²) in [5.74, 6) is -1.33. The molecule has 0 spiro atoms. The molecule has 0 aliphatic carbocycles. The fourth-order valence-corrected chi connectivity index (χ4v) is 2.55. The number of nitrogens with zero attached hydrogens (tertiary/aromatic N) is 2. The van der Waals surface area contributed by atoms with E-state index in [1.807, 2.05) is 6.07 Å². The maximum absolute atomic E-state index is 13.6. The Balaban J connectivity index is 2.49. The van der Waals surface area contributed by atoms with Gasteiger partial charge in [-0.2, -0.15) is 13.2 Å². The molecule has 0 saturated carbocycles. The molecule has 0 radical (unpaired) electrons. The van der Waals surface area contributed by atoms with Crippen LogP contribution >= 0.6 is 0 Å². The number of carbonyl (C=O) groups is 2. The highest BCUT2D eigenvalue weighted by Crippen LogP contribution is 2.40. The van der Waals surface area contributed by atoms with Gasteiger partial charge in [0, 0.05) is 21.1 Å². The van der Waals surface area contributed by atoms with Crippen LogP contribution in [0.4, 0.5) is 18.0 Å². The number of urea groups is 1. The summed E-state index contributed by atoms with van der Waals surface area (Å²) in [6, 6.07) is 9.85. The number of methoxy groups -OCH3 is 1. The molecule has 0 unspecified atom stereocenters. The zero-order valence-corrected chi connectivity index (χ0v) is 16.4. The second-order valence-electron chi connectivity index (χ2n) is 6.36. The molecule has 2 aromatic rings. The van der Waals surface area contributed by atoms with Gasteiger partial charge in [0.1, 0.15) is 6.61 Å². The van der Waals surface area contributed by atoms with Crippen LogP contribution in [0, 0.1) is 0 Å². The lowest BCUT2D eigenvalue weighted by molar-refractivity contribution is -0.138. The van der Waals surface area contributed by atoms with Crippen LogP contribution in [0.1, 0.15) is 21.5 Å². The molecule has 9 heteroatoms. The zero-order chi connectivity index (χ0) is 21.8. The number of carbonyl (C=O) groups excluding carboxylic acids is 2. The van der Waals surface area contributed by atoms with Gasteiger partial charge in [0.05, 0.1) is 18.2 Å². The lowest BCUT2D eigenvalue weighted by Crippen LogP contribution is -2.41. The van der Waals surface area contributed by atoms with Crippen molar-refractivity contribution in [3.63, 3.8) is 0 Å². The number of halogens is 3. The summed E-state index contributed by atoms with van der Waals surface area (Å²) < 4.78 is 51.3. The van der Waals surface area contributed by atoms with Crippen molar-refractivity contribution < 1.29 is 32.2 Å². The largest absolute Gasteiger partial charge is 0.493 e. The van der Waals surface area contributed by atoms with E-state index in [-0.39, 0.29) is 18.1 Å². The van der Waals surface area contributed by atoms with E-state index in [0.717, 1.165) is 23.6 Å². The Kier molecular flexibility index (Phi) is 6.73. The fourth-order valence-electron chi connectivity index (χ4n) is 2.55. The third-order valence-corrected chi connectivity index (χ3v) is 4.05. The Morgan fingerprint density at radius 2 is 1.62 bits per heavy atom. The number of imide groups is 1. The van der Waals surface area contributed by atoms with E-state index in [1.165, 1.54) is 21.2 Å². The molecule has 0 atom stereocenters. The van der Waals surface area contributed by atoms with Crippen molar-refractivity contribution in [2.24, 2.45) is 0 Å². The monoisotopic (exact) mass is 410 g/mol. The summed E-state index contributed by atoms with van der Waals surface area (Å²) >= 11 is 0. The lowest BCUT2D eigenvalue weighted by Gasteiger charge is -2.23. The Bertz CT molecular complexity index is 883. The second kappa shape index (κ2) is 8.85. The Hall–Kier alpha value is -3.23. The number of amides is 3. The van der Waals surface area contributed by atoms with E-state index in [4.69, 9.17) is 9.47 Å². The number of ether oxygens (including phenoxy) is 2. The average Bonchev–Trinajstić information content (AvgIpc) is 2.69. The second-order valence-corrected chi connectivity index (χ2v) is 6.36. The van der Waals surface area contributed by atoms with Crippen LogP contribution in [0.3, 0.4) is 0 Å². The predicted octanol–water partition coefficient (Wildman–Crippen LogP) is 4.05. The number of rotatable bonds is 5. The molecule has 6 nitrogen and oxygen atoms in total. The van der Waals surface area contributed by atoms with Gasteiger partial charge >= 0.3 is 12.2 Å². The quantitative estimate of drug-likeness (QED) is 0.746. The predicted molar refractivity (Wildman–Crippen MR) is 99.9 cm³/mol. The molecule has 0 fully saturated rings. The van der Waals surface area contributed by atoms with Crippen molar-refractivity contribution in [2.75, 3.05) is 28.3 Å². The molecule has 3 amide bonds. The van der Waals surface area contributed by atoms with Crippen LogP contribution in [-0.2, 0) is 12.8 Å². The number of hydrogen-bond donors (Lipinski definition) is 0. The highest BCUT2D eigenvalue weighted by Gasteiger charge is 2.38. The molecule has 0 aliphatic rings. The van der Waals surface area contributed by atoms with Crippen LogP contribution in [0.15, 0.2) is 42.5 Å². The van der Waals surface area contributed by atoms with Gasteiger partial charge in [-0.3, -0.25) is 9.69 Å². The standard InChI is InChI=1S/C20H21F3N2O4/c1-24(2)19(27)25(3)18(26)14-10-17(29-12-13-8-6-5-7-9-13)16(28-4)11-15(14)20(21,22)23/h5-11H,12H2,1-4H3. The molecule has 0 aromatic heterocycles. The molecule has 0 saturated heterocycles. The van der Waals surface area contributed by atoms with E-state index in [9.17, 15) is 22.8 Å². The summed E-state index contributed by atoms with van der Waals surface area (Å²) in [7, 11) is 5.09. The van der Waals surface area contributed by atoms with Crippen molar-refractivity contribution in [3.8, 4) is 11.5 Å². The van der Waals surface area contributed by atoms with E-state index >= 15 is 0 Å². The first-order chi connectivity index (χ1) is 13.6. The van der Waals surface area contributed by atoms with Crippen LogP contribution in [-0.4, -0.2) is 50.0 Å². The van der Waals surface area contributed by atoms with Crippen LogP contribution in [0.2, 0.25) is 0 Å². The normalized spacial score (nSPS) is 11.0. The summed E-state index contributed by atoms with van der Waals surface area (Å²) in [4.78, 5) is 26.4. The molecule has 156 valence electrons. The average molecular weight is 410 g/mol. The lowest BCUT2D eigenvalue weighted by atomic mass is 10.0. The first kappa shape index (κ1) is 22.1. The highest BCUT2D eigenvalue weighted by atomic mass is 19.4. The van der Waals surface area contributed by atoms with Crippen LogP contribution < -0.4 is 9.47 Å². The summed E-state index contributed by atoms with van der Waals surface area (Å²) in [6.45, 7) is 0.0582. The zero-order valence-electron chi connectivity index (χ0n) is 16.4. The maximum Gasteiger partial charge on any atom is 0.417 e. The molecule has 29 heavy (non-hydrogen) atoms. The summed E-state index contributed by atoms with van der Waals surface area (Å²) in [6.07, 6.45) is -4.84. The van der Waals surface area contributed by atoms with Crippen molar-refractivity contribution in [2.45, 2.75) is 12.8 Å². The summed E-state index contributed by atoms with van der Waals surface area (Å²) in [5.41, 5.74) is -1.15. The van der Waals surface area contributed by atoms with E-state index in [0.29, 0.717) is 11.0 Å². The molecular weight excluding hydrogens is 389 g/mol. The summed E-state index contributed by atoms with van der Waals surface area (Å²) in [5, 5.41) is 0. The maximum atomic E-state index is 13.6. The first-order valence-electron chi connectivity index (χ1n) is 8.51. The topological polar surface area (TPSA) is 59.1 Å². The van der Waals surface area contributed by atoms with Crippen molar-refractivity contribution in [3.05, 3.63) is 59.2 Å². The van der Waals surface area contributed by atoms with Crippen molar-refractivity contribution in [1.82, 2.24) is 9.80 Å². The molecule has 0 N–H and O–H groups in total. The third-order valence-electron chi connectivity index (χ3n) is 4.05. The van der Waals surface area contributed by atoms with Crippen molar-refractivity contribution >= 4 is 11.9 Å². The van der Waals surface area contributed by atoms with Gasteiger partial charge in [-0.1, -0.05) is 30.3 Å². The van der Waals surface area contributed by atoms with Gasteiger partial charge in [-0.25, -0.2) is 4.79 Å². The van der Waals surface area contributed by atoms with Gasteiger partial charge in [-0.15, -0.1) is 0 Å². The Morgan fingerprint density at radius 1 is 1.00 bits per heavy atom. The molecule has 0 aliphatic heterocycles.